The minimum Gasteiger partial charge on any atom is -0.452 e. The second-order valence-electron chi connectivity index (χ2n) is 7.23. The summed E-state index contributed by atoms with van der Waals surface area (Å²) < 4.78 is 34.3. The van der Waals surface area contributed by atoms with Crippen molar-refractivity contribution in [1.82, 2.24) is 0 Å². The molecule has 0 spiro atoms. The van der Waals surface area contributed by atoms with Crippen LogP contribution >= 0.6 is 11.6 Å². The van der Waals surface area contributed by atoms with Gasteiger partial charge in [0.2, 0.25) is 0 Å². The fourth-order valence-corrected chi connectivity index (χ4v) is 5.04. The highest BCUT2D eigenvalue weighted by atomic mass is 35.5. The average molecular weight is 462 g/mol. The number of carbonyl (C=O) groups is 2. The number of para-hydroxylation sites is 1. The highest BCUT2D eigenvalue weighted by Gasteiger charge is 2.32. The summed E-state index contributed by atoms with van der Waals surface area (Å²) in [6.45, 7) is 0.135. The normalized spacial score (nSPS) is 16.9. The number of carbonyl (C=O) groups excluding carboxylic acids is 2. The van der Waals surface area contributed by atoms with E-state index in [1.165, 1.54) is 12.1 Å². The fraction of sp³-hybridized carbons (Fsp3) is 0.286. The number of benzene rings is 2. The predicted molar refractivity (Wildman–Crippen MR) is 117 cm³/mol. The summed E-state index contributed by atoms with van der Waals surface area (Å²) in [4.78, 5) is 26.4. The van der Waals surface area contributed by atoms with Gasteiger partial charge in [0.25, 0.3) is 15.9 Å². The van der Waals surface area contributed by atoms with Gasteiger partial charge in [0.15, 0.2) is 6.61 Å². The molecule has 0 atom stereocenters. The maximum absolute atomic E-state index is 12.7. The molecule has 162 valence electrons. The van der Waals surface area contributed by atoms with Gasteiger partial charge < -0.3 is 15.0 Å². The molecule has 0 radical (unpaired) electrons. The molecule has 8 nitrogen and oxygen atoms in total. The number of sulfonamides is 1. The van der Waals surface area contributed by atoms with Gasteiger partial charge in [-0.05, 0) is 43.2 Å². The second-order valence-corrected chi connectivity index (χ2v) is 9.21. The molecule has 0 unspecified atom stereocenters. The van der Waals surface area contributed by atoms with Gasteiger partial charge in [-0.2, -0.15) is 8.42 Å². The van der Waals surface area contributed by atoms with E-state index in [-0.39, 0.29) is 10.5 Å². The van der Waals surface area contributed by atoms with E-state index in [9.17, 15) is 18.0 Å². The van der Waals surface area contributed by atoms with E-state index in [2.05, 4.69) is 9.71 Å². The molecule has 1 saturated heterocycles. The van der Waals surface area contributed by atoms with Crippen molar-refractivity contribution < 1.29 is 22.7 Å². The first-order valence-electron chi connectivity index (χ1n) is 9.82. The van der Waals surface area contributed by atoms with Gasteiger partial charge >= 0.3 is 5.97 Å². The standard InChI is InChI=1S/C21H20ClN3O5S/c22-15-6-3-4-7-16(15)23-20(26)13-30-21(27)14-9-10-17-18(12-14)31(28,29)24-19-8-2-1-5-11-25(17)19/h3-4,6-7,9-10,12H,1-2,5,8,11,13H2,(H,23,26). The number of rotatable bonds is 4. The molecular weight excluding hydrogens is 442 g/mol. The number of esters is 1. The lowest BCUT2D eigenvalue weighted by atomic mass is 10.2. The number of anilines is 2. The molecule has 2 aromatic carbocycles. The zero-order valence-corrected chi connectivity index (χ0v) is 18.1. The molecule has 0 aromatic heterocycles. The van der Waals surface area contributed by atoms with Crippen molar-refractivity contribution in [3.63, 3.8) is 0 Å². The largest absolute Gasteiger partial charge is 0.452 e. The lowest BCUT2D eigenvalue weighted by Crippen LogP contribution is -2.35. The summed E-state index contributed by atoms with van der Waals surface area (Å²) in [5, 5.41) is 2.91. The Balaban J connectivity index is 1.48. The molecule has 4 rings (SSSR count). The number of halogens is 1. The summed E-state index contributed by atoms with van der Waals surface area (Å²) in [7, 11) is -3.92. The Morgan fingerprint density at radius 3 is 2.74 bits per heavy atom. The van der Waals surface area contributed by atoms with Gasteiger partial charge in [-0.1, -0.05) is 30.2 Å². The van der Waals surface area contributed by atoms with Crippen LogP contribution in [-0.2, 0) is 19.6 Å². The van der Waals surface area contributed by atoms with Crippen molar-refractivity contribution >= 4 is 50.7 Å². The van der Waals surface area contributed by atoms with Crippen molar-refractivity contribution in [3.05, 3.63) is 53.1 Å². The first-order chi connectivity index (χ1) is 14.8. The van der Waals surface area contributed by atoms with Crippen LogP contribution in [-0.4, -0.2) is 39.3 Å². The van der Waals surface area contributed by atoms with Crippen LogP contribution in [0.15, 0.2) is 51.8 Å². The first kappa shape index (κ1) is 21.3. The van der Waals surface area contributed by atoms with Crippen molar-refractivity contribution in [1.29, 1.82) is 0 Å². The van der Waals surface area contributed by atoms with E-state index < -0.39 is 28.5 Å². The van der Waals surface area contributed by atoms with Gasteiger partial charge in [-0.3, -0.25) is 4.79 Å². The minimum absolute atomic E-state index is 0.0290. The molecular formula is C21H20ClN3O5S. The van der Waals surface area contributed by atoms with Gasteiger partial charge in [-0.25, -0.2) is 4.79 Å². The lowest BCUT2D eigenvalue weighted by Gasteiger charge is -2.29. The highest BCUT2D eigenvalue weighted by Crippen LogP contribution is 2.35. The number of nitrogens with one attached hydrogen (secondary N) is 1. The third-order valence-electron chi connectivity index (χ3n) is 5.07. The highest BCUT2D eigenvalue weighted by molar-refractivity contribution is 7.90. The van der Waals surface area contributed by atoms with Crippen LogP contribution in [0.3, 0.4) is 0 Å². The Kier molecular flexibility index (Phi) is 5.97. The van der Waals surface area contributed by atoms with E-state index in [4.69, 9.17) is 16.3 Å². The molecule has 1 fully saturated rings. The van der Waals surface area contributed by atoms with Crippen LogP contribution in [0.1, 0.15) is 36.0 Å². The smallest absolute Gasteiger partial charge is 0.338 e. The predicted octanol–water partition coefficient (Wildman–Crippen LogP) is 3.62. The van der Waals surface area contributed by atoms with Gasteiger partial charge in [0.05, 0.1) is 22.0 Å². The van der Waals surface area contributed by atoms with E-state index >= 15 is 0 Å². The fourth-order valence-electron chi connectivity index (χ4n) is 3.57. The third-order valence-corrected chi connectivity index (χ3v) is 6.73. The number of ether oxygens (including phenoxy) is 1. The molecule has 0 saturated carbocycles. The quantitative estimate of drug-likeness (QED) is 0.697. The average Bonchev–Trinajstić information content (AvgIpc) is 2.98. The molecule has 2 aliphatic heterocycles. The second kappa shape index (κ2) is 8.68. The molecule has 10 heteroatoms. The summed E-state index contributed by atoms with van der Waals surface area (Å²) in [6.07, 6.45) is 3.43. The van der Waals surface area contributed by atoms with Crippen molar-refractivity contribution in [3.8, 4) is 0 Å². The van der Waals surface area contributed by atoms with E-state index in [1.807, 2.05) is 4.90 Å². The number of hydrogen-bond acceptors (Lipinski definition) is 6. The summed E-state index contributed by atoms with van der Waals surface area (Å²) in [6, 6.07) is 11.0. The lowest BCUT2D eigenvalue weighted by molar-refractivity contribution is -0.119. The molecule has 0 aliphatic carbocycles. The van der Waals surface area contributed by atoms with Crippen molar-refractivity contribution in [2.45, 2.75) is 30.6 Å². The monoisotopic (exact) mass is 461 g/mol. The molecule has 0 bridgehead atoms. The van der Waals surface area contributed by atoms with Crippen LogP contribution in [0.4, 0.5) is 11.4 Å². The van der Waals surface area contributed by atoms with Crippen LogP contribution in [0.5, 0.6) is 0 Å². The Morgan fingerprint density at radius 2 is 1.94 bits per heavy atom. The first-order valence-corrected chi connectivity index (χ1v) is 11.6. The number of amides is 1. The van der Waals surface area contributed by atoms with Crippen LogP contribution < -0.4 is 10.2 Å². The Bertz CT molecular complexity index is 1180. The zero-order valence-electron chi connectivity index (χ0n) is 16.5. The van der Waals surface area contributed by atoms with E-state index in [0.717, 1.165) is 19.3 Å². The SMILES string of the molecule is O=C(COC(=O)c1ccc2c(c1)S(=O)(=O)N=C1CCCCCN12)Nc1ccccc1Cl. The molecule has 1 N–H and O–H groups in total. The molecule has 1 amide bonds. The molecule has 2 heterocycles. The van der Waals surface area contributed by atoms with Gasteiger partial charge in [0.1, 0.15) is 10.7 Å². The van der Waals surface area contributed by atoms with Crippen molar-refractivity contribution in [2.24, 2.45) is 4.40 Å². The Hall–Kier alpha value is -2.91. The van der Waals surface area contributed by atoms with Crippen LogP contribution in [0.25, 0.3) is 0 Å². The summed E-state index contributed by atoms with van der Waals surface area (Å²) >= 11 is 5.99. The van der Waals surface area contributed by atoms with Gasteiger partial charge in [-0.15, -0.1) is 4.40 Å². The molecule has 31 heavy (non-hydrogen) atoms. The maximum atomic E-state index is 12.7. The summed E-state index contributed by atoms with van der Waals surface area (Å²) in [5.74, 6) is -0.833. The Labute approximate surface area is 184 Å². The van der Waals surface area contributed by atoms with E-state index in [1.54, 1.807) is 30.3 Å². The number of nitrogens with zero attached hydrogens (tertiary/aromatic N) is 2. The van der Waals surface area contributed by atoms with Crippen LogP contribution in [0.2, 0.25) is 5.02 Å². The number of hydrogen-bond donors (Lipinski definition) is 1. The maximum Gasteiger partial charge on any atom is 0.338 e. The van der Waals surface area contributed by atoms with Gasteiger partial charge in [0, 0.05) is 13.0 Å². The third kappa shape index (κ3) is 4.57. The topological polar surface area (TPSA) is 105 Å². The minimum atomic E-state index is -3.92. The molecule has 2 aromatic rings. The molecule has 2 aliphatic rings. The van der Waals surface area contributed by atoms with E-state index in [0.29, 0.717) is 35.2 Å². The number of fused-ring (bicyclic) bond motifs is 3. The Morgan fingerprint density at radius 1 is 1.13 bits per heavy atom. The number of amidine groups is 1. The summed E-state index contributed by atoms with van der Waals surface area (Å²) in [5.41, 5.74) is 0.942. The van der Waals surface area contributed by atoms with Crippen LogP contribution in [0, 0.1) is 0 Å². The zero-order chi connectivity index (χ0) is 22.0. The van der Waals surface area contributed by atoms with Crippen molar-refractivity contribution in [2.75, 3.05) is 23.4 Å².